The maximum absolute atomic E-state index is 2.75. The molecule has 5 aromatic carbocycles. The van der Waals surface area contributed by atoms with E-state index in [1.807, 2.05) is 0 Å². The number of para-hydroxylation sites is 1. The second-order valence-corrected chi connectivity index (χ2v) is 14.4. The van der Waals surface area contributed by atoms with Crippen LogP contribution in [-0.2, 0) is 5.41 Å². The molecule has 0 N–H and O–H groups in total. The van der Waals surface area contributed by atoms with E-state index in [2.05, 4.69) is 141 Å². The third-order valence-electron chi connectivity index (χ3n) is 11.8. The highest BCUT2D eigenvalue weighted by atomic mass is 15.3. The Balaban J connectivity index is 1.38. The molecule has 3 aliphatic heterocycles. The van der Waals surface area contributed by atoms with Gasteiger partial charge in [0.2, 0.25) is 6.71 Å². The summed E-state index contributed by atoms with van der Waals surface area (Å²) in [5, 5.41) is 0. The molecular weight excluding hydrogens is 531 g/mol. The number of benzene rings is 5. The van der Waals surface area contributed by atoms with Crippen molar-refractivity contribution in [1.29, 1.82) is 0 Å². The third kappa shape index (κ3) is 3.28. The van der Waals surface area contributed by atoms with Crippen molar-refractivity contribution in [3.05, 3.63) is 119 Å². The highest BCUT2D eigenvalue weighted by Gasteiger charge is 2.58. The van der Waals surface area contributed by atoms with Gasteiger partial charge in [0.25, 0.3) is 0 Å². The maximum atomic E-state index is 2.75. The zero-order chi connectivity index (χ0) is 30.0. The molecule has 2 nitrogen and oxygen atoms in total. The third-order valence-corrected chi connectivity index (χ3v) is 11.8. The summed E-state index contributed by atoms with van der Waals surface area (Å²) in [6.07, 6.45) is 5.02. The normalized spacial score (nSPS) is 22.3. The van der Waals surface area contributed by atoms with Crippen LogP contribution in [0.1, 0.15) is 61.8 Å². The van der Waals surface area contributed by atoms with E-state index in [1.165, 1.54) is 104 Å². The lowest BCUT2D eigenvalue weighted by atomic mass is 9.37. The van der Waals surface area contributed by atoms with Gasteiger partial charge in [-0.3, -0.25) is 0 Å². The lowest BCUT2D eigenvalue weighted by Gasteiger charge is -2.50. The van der Waals surface area contributed by atoms with Crippen molar-refractivity contribution in [1.82, 2.24) is 0 Å². The Morgan fingerprint density at radius 2 is 1.34 bits per heavy atom. The van der Waals surface area contributed by atoms with Crippen LogP contribution in [0.25, 0.3) is 11.1 Å². The topological polar surface area (TPSA) is 6.48 Å². The first kappa shape index (κ1) is 26.2. The van der Waals surface area contributed by atoms with Crippen molar-refractivity contribution in [2.24, 2.45) is 0 Å². The fraction of sp³-hybridized carbons (Fsp3) is 0.268. The molecule has 3 heterocycles. The zero-order valence-corrected chi connectivity index (χ0v) is 26.5. The average Bonchev–Trinajstić information content (AvgIpc) is 3.44. The molecule has 2 unspecified atom stereocenters. The van der Waals surface area contributed by atoms with Gasteiger partial charge in [0, 0.05) is 33.9 Å². The van der Waals surface area contributed by atoms with E-state index in [4.69, 9.17) is 0 Å². The Bertz CT molecular complexity index is 2030. The predicted molar refractivity (Wildman–Crippen MR) is 188 cm³/mol. The van der Waals surface area contributed by atoms with Gasteiger partial charge < -0.3 is 9.80 Å². The Morgan fingerprint density at radius 3 is 2.18 bits per heavy atom. The zero-order valence-electron chi connectivity index (χ0n) is 26.5. The van der Waals surface area contributed by atoms with Crippen molar-refractivity contribution in [3.63, 3.8) is 0 Å². The fourth-order valence-corrected chi connectivity index (χ4v) is 9.46. The lowest BCUT2D eigenvalue weighted by molar-refractivity contribution is 0.195. The molecular formula is C41H39BN2. The number of fused-ring (bicyclic) bond motifs is 8. The van der Waals surface area contributed by atoms with Crippen molar-refractivity contribution in [2.45, 2.75) is 71.3 Å². The van der Waals surface area contributed by atoms with Gasteiger partial charge in [-0.15, -0.1) is 0 Å². The van der Waals surface area contributed by atoms with Gasteiger partial charge in [-0.25, -0.2) is 0 Å². The molecule has 0 aromatic heterocycles. The summed E-state index contributed by atoms with van der Waals surface area (Å²) in [6.45, 7) is 12.0. The smallest absolute Gasteiger partial charge is 0.248 e. The summed E-state index contributed by atoms with van der Waals surface area (Å²) in [4.78, 5) is 5.32. The van der Waals surface area contributed by atoms with E-state index in [0.717, 1.165) is 0 Å². The molecule has 9 rings (SSSR count). The van der Waals surface area contributed by atoms with Crippen LogP contribution in [0, 0.1) is 20.8 Å². The SMILES string of the molecule is Cc1cccc(N2c3cc(C)ccc3B3c4ccc(C)cc4-c4cc(N5c6ccccc6C6(C)CCCCC56C)cc2c43)c1. The Labute approximate surface area is 262 Å². The van der Waals surface area contributed by atoms with Crippen molar-refractivity contribution >= 4 is 51.5 Å². The van der Waals surface area contributed by atoms with Crippen LogP contribution in [0.3, 0.4) is 0 Å². The van der Waals surface area contributed by atoms with Crippen LogP contribution in [0.15, 0.2) is 97.1 Å². The van der Waals surface area contributed by atoms with Gasteiger partial charge in [-0.1, -0.05) is 91.5 Å². The number of hydrogen-bond acceptors (Lipinski definition) is 2. The molecule has 0 bridgehead atoms. The number of rotatable bonds is 2. The van der Waals surface area contributed by atoms with Gasteiger partial charge in [-0.05, 0) is 116 Å². The molecule has 0 radical (unpaired) electrons. The summed E-state index contributed by atoms with van der Waals surface area (Å²) in [7, 11) is 0. The molecule has 216 valence electrons. The molecule has 2 atom stereocenters. The summed E-state index contributed by atoms with van der Waals surface area (Å²) in [6, 6.07) is 37.6. The summed E-state index contributed by atoms with van der Waals surface area (Å²) in [5.41, 5.74) is 19.2. The fourth-order valence-electron chi connectivity index (χ4n) is 9.46. The molecule has 4 aliphatic rings. The monoisotopic (exact) mass is 570 g/mol. The van der Waals surface area contributed by atoms with Crippen molar-refractivity contribution < 1.29 is 0 Å². The van der Waals surface area contributed by atoms with E-state index in [0.29, 0.717) is 0 Å². The second-order valence-electron chi connectivity index (χ2n) is 14.4. The lowest BCUT2D eigenvalue weighted by Crippen LogP contribution is -2.55. The van der Waals surface area contributed by atoms with Crippen LogP contribution in [0.5, 0.6) is 0 Å². The largest absolute Gasteiger partial charge is 0.334 e. The molecule has 1 saturated carbocycles. The number of anilines is 5. The Morgan fingerprint density at radius 1 is 0.591 bits per heavy atom. The van der Waals surface area contributed by atoms with E-state index in [9.17, 15) is 0 Å². The van der Waals surface area contributed by atoms with E-state index in [-0.39, 0.29) is 17.7 Å². The average molecular weight is 571 g/mol. The molecule has 0 amide bonds. The van der Waals surface area contributed by atoms with Crippen LogP contribution in [0.4, 0.5) is 28.4 Å². The number of aryl methyl sites for hydroxylation is 3. The van der Waals surface area contributed by atoms with Crippen LogP contribution >= 0.6 is 0 Å². The summed E-state index contributed by atoms with van der Waals surface area (Å²) < 4.78 is 0. The predicted octanol–water partition coefficient (Wildman–Crippen LogP) is 8.63. The number of nitrogens with zero attached hydrogens (tertiary/aromatic N) is 2. The molecule has 3 heteroatoms. The number of hydrogen-bond donors (Lipinski definition) is 0. The first-order valence-corrected chi connectivity index (χ1v) is 16.4. The quantitative estimate of drug-likeness (QED) is 0.192. The highest BCUT2D eigenvalue weighted by Crippen LogP contribution is 2.61. The first-order chi connectivity index (χ1) is 21.3. The van der Waals surface area contributed by atoms with Crippen LogP contribution < -0.4 is 26.2 Å². The molecule has 0 spiro atoms. The minimum atomic E-state index is 0.0145. The molecule has 1 aliphatic carbocycles. The minimum Gasteiger partial charge on any atom is -0.334 e. The standard InChI is InChI=1S/C41H39BN2/c1-26-11-10-12-29(21-26)43-37-23-28(3)16-18-35(37)42-34-17-15-27(2)22-31(34)32-24-30(25-38(43)39(32)42)44-36-14-7-6-13-33(36)40(4)19-8-9-20-41(40,44)5/h6-7,10-18,21-25H,8-9,19-20H2,1-5H3. The van der Waals surface area contributed by atoms with Gasteiger partial charge in [0.1, 0.15) is 0 Å². The van der Waals surface area contributed by atoms with Crippen LogP contribution in [-0.4, -0.2) is 12.3 Å². The molecule has 0 saturated heterocycles. The van der Waals surface area contributed by atoms with Gasteiger partial charge in [0.15, 0.2) is 0 Å². The van der Waals surface area contributed by atoms with Gasteiger partial charge >= 0.3 is 0 Å². The molecule has 44 heavy (non-hydrogen) atoms. The van der Waals surface area contributed by atoms with E-state index in [1.54, 1.807) is 0 Å². The van der Waals surface area contributed by atoms with E-state index < -0.39 is 0 Å². The van der Waals surface area contributed by atoms with Gasteiger partial charge in [0.05, 0.1) is 5.54 Å². The molecule has 5 aromatic rings. The first-order valence-electron chi connectivity index (χ1n) is 16.4. The van der Waals surface area contributed by atoms with Crippen molar-refractivity contribution in [2.75, 3.05) is 9.80 Å². The van der Waals surface area contributed by atoms with Crippen LogP contribution in [0.2, 0.25) is 0 Å². The molecule has 1 fully saturated rings. The maximum Gasteiger partial charge on any atom is 0.248 e. The Kier molecular flexibility index (Phi) is 5.30. The second kappa shape index (κ2) is 8.91. The summed E-state index contributed by atoms with van der Waals surface area (Å²) in [5.74, 6) is 0. The Hall–Kier alpha value is -4.24. The minimum absolute atomic E-state index is 0.0145. The summed E-state index contributed by atoms with van der Waals surface area (Å²) >= 11 is 0. The van der Waals surface area contributed by atoms with Crippen molar-refractivity contribution in [3.8, 4) is 11.1 Å². The highest BCUT2D eigenvalue weighted by molar-refractivity contribution is 7.01. The van der Waals surface area contributed by atoms with Gasteiger partial charge in [-0.2, -0.15) is 0 Å². The van der Waals surface area contributed by atoms with E-state index >= 15 is 0 Å².